The van der Waals surface area contributed by atoms with Crippen LogP contribution in [0, 0.1) is 0 Å². The van der Waals surface area contributed by atoms with Crippen molar-refractivity contribution >= 4 is 11.0 Å². The van der Waals surface area contributed by atoms with Gasteiger partial charge in [0.15, 0.2) is 0 Å². The van der Waals surface area contributed by atoms with E-state index in [0.717, 1.165) is 0 Å². The number of benzene rings is 1. The smallest absolute Gasteiger partial charge is 0.397 e. The van der Waals surface area contributed by atoms with Crippen LogP contribution in [0.25, 0.3) is 11.0 Å². The Bertz CT molecular complexity index is 532. The van der Waals surface area contributed by atoms with Crippen molar-refractivity contribution in [3.05, 3.63) is 36.1 Å². The van der Waals surface area contributed by atoms with Crippen LogP contribution in [0.15, 0.2) is 34.9 Å². The lowest BCUT2D eigenvalue weighted by atomic mass is 9.91. The largest absolute Gasteiger partial charge is 0.464 e. The molecule has 0 aliphatic carbocycles. The molecular weight excluding hydrogens is 243 g/mol. The van der Waals surface area contributed by atoms with Crippen LogP contribution < -0.4 is 5.32 Å². The molecular formula is C13H14F3NO. The topological polar surface area (TPSA) is 25.2 Å². The first kappa shape index (κ1) is 13.0. The Kier molecular flexibility index (Phi) is 3.34. The van der Waals surface area contributed by atoms with Crippen LogP contribution in [-0.2, 0) is 0 Å². The second-order valence-corrected chi connectivity index (χ2v) is 4.31. The van der Waals surface area contributed by atoms with Gasteiger partial charge in [0.1, 0.15) is 5.58 Å². The predicted molar refractivity (Wildman–Crippen MR) is 63.5 cm³/mol. The maximum atomic E-state index is 13.1. The zero-order chi connectivity index (χ0) is 13.3. The molecule has 2 rings (SSSR count). The third-order valence-corrected chi connectivity index (χ3v) is 3.14. The van der Waals surface area contributed by atoms with E-state index in [-0.39, 0.29) is 5.56 Å². The van der Waals surface area contributed by atoms with Crippen molar-refractivity contribution in [1.29, 1.82) is 0 Å². The average molecular weight is 257 g/mol. The summed E-state index contributed by atoms with van der Waals surface area (Å²) in [7, 11) is 1.53. The van der Waals surface area contributed by atoms with Gasteiger partial charge in [0, 0.05) is 11.4 Å². The van der Waals surface area contributed by atoms with Crippen molar-refractivity contribution in [2.24, 2.45) is 0 Å². The van der Waals surface area contributed by atoms with Gasteiger partial charge in [0.2, 0.25) is 0 Å². The van der Waals surface area contributed by atoms with Crippen LogP contribution in [0.1, 0.15) is 18.4 Å². The molecule has 0 aliphatic heterocycles. The molecule has 1 N–H and O–H groups in total. The van der Waals surface area contributed by atoms with E-state index in [2.05, 4.69) is 5.32 Å². The molecule has 0 saturated heterocycles. The summed E-state index contributed by atoms with van der Waals surface area (Å²) in [6, 6.07) is 5.56. The van der Waals surface area contributed by atoms with Gasteiger partial charge in [-0.3, -0.25) is 0 Å². The number of alkyl halides is 3. The molecule has 2 nitrogen and oxygen atoms in total. The summed E-state index contributed by atoms with van der Waals surface area (Å²) in [6.07, 6.45) is -2.81. The standard InChI is InChI=1S/C13H14F3NO/c1-8(17-2)12(13(14,15)16)10-3-4-11-9(7-10)5-6-18-11/h3-8,12,17H,1-2H3. The second-order valence-electron chi connectivity index (χ2n) is 4.31. The fourth-order valence-electron chi connectivity index (χ4n) is 2.11. The lowest BCUT2D eigenvalue weighted by Gasteiger charge is -2.26. The van der Waals surface area contributed by atoms with Gasteiger partial charge < -0.3 is 9.73 Å². The van der Waals surface area contributed by atoms with E-state index in [1.165, 1.54) is 32.4 Å². The first-order valence-electron chi connectivity index (χ1n) is 5.64. The molecule has 0 radical (unpaired) electrons. The van der Waals surface area contributed by atoms with E-state index in [1.54, 1.807) is 12.1 Å². The minimum absolute atomic E-state index is 0.248. The van der Waals surface area contributed by atoms with E-state index >= 15 is 0 Å². The molecule has 0 fully saturated rings. The van der Waals surface area contributed by atoms with Gasteiger partial charge in [-0.2, -0.15) is 13.2 Å². The molecule has 1 heterocycles. The van der Waals surface area contributed by atoms with Gasteiger partial charge in [0.05, 0.1) is 12.2 Å². The Hall–Kier alpha value is -1.49. The fraction of sp³-hybridized carbons (Fsp3) is 0.385. The summed E-state index contributed by atoms with van der Waals surface area (Å²) in [6.45, 7) is 1.53. The molecule has 98 valence electrons. The van der Waals surface area contributed by atoms with Crippen LogP contribution in [0.3, 0.4) is 0 Å². The summed E-state index contributed by atoms with van der Waals surface area (Å²) in [5.41, 5.74) is 0.843. The van der Waals surface area contributed by atoms with E-state index in [0.29, 0.717) is 11.0 Å². The first-order valence-corrected chi connectivity index (χ1v) is 5.64. The molecule has 5 heteroatoms. The molecule has 0 aliphatic rings. The van der Waals surface area contributed by atoms with Crippen molar-refractivity contribution in [3.63, 3.8) is 0 Å². The average Bonchev–Trinajstić information content (AvgIpc) is 2.74. The normalized spacial score (nSPS) is 15.8. The summed E-state index contributed by atoms with van der Waals surface area (Å²) >= 11 is 0. The molecule has 0 bridgehead atoms. The summed E-state index contributed by atoms with van der Waals surface area (Å²) in [5.74, 6) is -1.53. The van der Waals surface area contributed by atoms with Crippen molar-refractivity contribution in [2.45, 2.75) is 25.1 Å². The minimum atomic E-state index is -4.28. The highest BCUT2D eigenvalue weighted by molar-refractivity contribution is 5.77. The second kappa shape index (κ2) is 4.65. The quantitative estimate of drug-likeness (QED) is 0.907. The van der Waals surface area contributed by atoms with Crippen LogP contribution in [0.4, 0.5) is 13.2 Å². The lowest BCUT2D eigenvalue weighted by molar-refractivity contribution is -0.155. The molecule has 0 saturated carbocycles. The predicted octanol–water partition coefficient (Wildman–Crippen LogP) is 3.69. The zero-order valence-electron chi connectivity index (χ0n) is 10.1. The summed E-state index contributed by atoms with van der Waals surface area (Å²) < 4.78 is 44.4. The third kappa shape index (κ3) is 2.36. The number of hydrogen-bond donors (Lipinski definition) is 1. The highest BCUT2D eigenvalue weighted by atomic mass is 19.4. The van der Waals surface area contributed by atoms with Crippen molar-refractivity contribution in [2.75, 3.05) is 7.05 Å². The molecule has 1 aromatic carbocycles. The molecule has 2 atom stereocenters. The minimum Gasteiger partial charge on any atom is -0.464 e. The zero-order valence-corrected chi connectivity index (χ0v) is 10.1. The fourth-order valence-corrected chi connectivity index (χ4v) is 2.11. The number of halogens is 3. The number of nitrogens with one attached hydrogen (secondary N) is 1. The molecule has 0 amide bonds. The van der Waals surface area contributed by atoms with Crippen LogP contribution in [0.5, 0.6) is 0 Å². The van der Waals surface area contributed by atoms with Crippen LogP contribution >= 0.6 is 0 Å². The van der Waals surface area contributed by atoms with E-state index in [1.807, 2.05) is 0 Å². The van der Waals surface area contributed by atoms with Gasteiger partial charge in [0.25, 0.3) is 0 Å². The monoisotopic (exact) mass is 257 g/mol. The first-order chi connectivity index (χ1) is 8.43. The molecule has 0 spiro atoms. The Morgan fingerprint density at radius 2 is 1.94 bits per heavy atom. The molecule has 18 heavy (non-hydrogen) atoms. The SMILES string of the molecule is CNC(C)C(c1ccc2occc2c1)C(F)(F)F. The van der Waals surface area contributed by atoms with E-state index in [4.69, 9.17) is 4.42 Å². The Balaban J connectivity index is 2.46. The van der Waals surface area contributed by atoms with Crippen molar-refractivity contribution < 1.29 is 17.6 Å². The Morgan fingerprint density at radius 1 is 1.22 bits per heavy atom. The van der Waals surface area contributed by atoms with Gasteiger partial charge >= 0.3 is 6.18 Å². The van der Waals surface area contributed by atoms with E-state index < -0.39 is 18.1 Å². The Morgan fingerprint density at radius 3 is 2.56 bits per heavy atom. The van der Waals surface area contributed by atoms with Crippen LogP contribution in [-0.4, -0.2) is 19.3 Å². The maximum Gasteiger partial charge on any atom is 0.397 e. The number of hydrogen-bond acceptors (Lipinski definition) is 2. The maximum absolute atomic E-state index is 13.1. The van der Waals surface area contributed by atoms with Crippen molar-refractivity contribution in [1.82, 2.24) is 5.32 Å². The summed E-state index contributed by atoms with van der Waals surface area (Å²) in [4.78, 5) is 0. The number of fused-ring (bicyclic) bond motifs is 1. The molecule has 2 aromatic rings. The van der Waals surface area contributed by atoms with Crippen molar-refractivity contribution in [3.8, 4) is 0 Å². The third-order valence-electron chi connectivity index (χ3n) is 3.14. The van der Waals surface area contributed by atoms with E-state index in [9.17, 15) is 13.2 Å². The number of likely N-dealkylation sites (N-methyl/N-ethyl adjacent to an activating group) is 1. The number of furan rings is 1. The number of rotatable bonds is 3. The van der Waals surface area contributed by atoms with Gasteiger partial charge in [-0.15, -0.1) is 0 Å². The molecule has 1 aromatic heterocycles. The highest BCUT2D eigenvalue weighted by Crippen LogP contribution is 2.38. The van der Waals surface area contributed by atoms with Gasteiger partial charge in [-0.05, 0) is 37.7 Å². The van der Waals surface area contributed by atoms with Gasteiger partial charge in [-0.1, -0.05) is 6.07 Å². The summed E-state index contributed by atoms with van der Waals surface area (Å²) in [5, 5.41) is 3.35. The highest BCUT2D eigenvalue weighted by Gasteiger charge is 2.43. The lowest BCUT2D eigenvalue weighted by Crippen LogP contribution is -2.37. The van der Waals surface area contributed by atoms with Gasteiger partial charge in [-0.25, -0.2) is 0 Å². The molecule has 2 unspecified atom stereocenters. The Labute approximate surface area is 103 Å². The van der Waals surface area contributed by atoms with Crippen LogP contribution in [0.2, 0.25) is 0 Å².